The summed E-state index contributed by atoms with van der Waals surface area (Å²) in [6, 6.07) is 0. The van der Waals surface area contributed by atoms with Gasteiger partial charge in [0.25, 0.3) is 5.56 Å². The molecule has 28 heavy (non-hydrogen) atoms. The minimum Gasteiger partial charge on any atom is -0.387 e. The van der Waals surface area contributed by atoms with Crippen molar-refractivity contribution in [2.45, 2.75) is 24.5 Å². The van der Waals surface area contributed by atoms with E-state index in [0.29, 0.717) is 0 Å². The van der Waals surface area contributed by atoms with Gasteiger partial charge in [0.05, 0.1) is 26.1 Å². The van der Waals surface area contributed by atoms with E-state index in [1.807, 2.05) is 0 Å². The molecule has 0 aromatic carbocycles. The van der Waals surface area contributed by atoms with Crippen LogP contribution in [-0.4, -0.2) is 79.7 Å². The Hall–Kier alpha value is -1.90. The lowest BCUT2D eigenvalue weighted by atomic mass is 10.1. The molecule has 2 aromatic heterocycles. The summed E-state index contributed by atoms with van der Waals surface area (Å²) in [6.45, 7) is -0.253. The number of anilines is 1. The summed E-state index contributed by atoms with van der Waals surface area (Å²) < 4.78 is 33.0. The number of fused-ring (bicyclic) bond motifs is 1. The van der Waals surface area contributed by atoms with E-state index in [4.69, 9.17) is 29.7 Å². The third kappa shape index (κ3) is 4.39. The van der Waals surface area contributed by atoms with Crippen LogP contribution in [0, 0.1) is 0 Å². The molecule has 0 saturated carbocycles. The standard InChI is InChI=1S/C13H20N5O9P/c1-24-2-3-25-9-8(19)6(4-26-28(21,22)23)27-12(9)18-5-15-7-10(18)16-13(14)17-11(7)20/h5-6,8-9,12,19H,2-4H2,1H3,(H2,21,22,23)(H3,14,16,17,20)/t6-,8?,9+,12-/m1/s1. The summed E-state index contributed by atoms with van der Waals surface area (Å²) in [5.41, 5.74) is 5.12. The lowest BCUT2D eigenvalue weighted by Gasteiger charge is -2.22. The van der Waals surface area contributed by atoms with Crippen LogP contribution in [0.2, 0.25) is 0 Å². The van der Waals surface area contributed by atoms with E-state index < -0.39 is 44.5 Å². The maximum atomic E-state index is 12.0. The number of hydrogen-bond acceptors (Lipinski definition) is 10. The van der Waals surface area contributed by atoms with Crippen LogP contribution in [0.4, 0.5) is 5.95 Å². The number of ether oxygens (including phenoxy) is 3. The number of phosphoric ester groups is 1. The number of imidazole rings is 1. The normalized spacial score (nSPS) is 25.6. The highest BCUT2D eigenvalue weighted by Crippen LogP contribution is 2.39. The number of nitrogen functional groups attached to an aromatic ring is 1. The van der Waals surface area contributed by atoms with Gasteiger partial charge in [-0.05, 0) is 0 Å². The van der Waals surface area contributed by atoms with Gasteiger partial charge >= 0.3 is 7.82 Å². The molecular formula is C13H20N5O9P. The van der Waals surface area contributed by atoms with Crippen LogP contribution < -0.4 is 11.3 Å². The number of nitrogens with one attached hydrogen (secondary N) is 1. The van der Waals surface area contributed by atoms with Crippen LogP contribution in [0.25, 0.3) is 11.2 Å². The number of aromatic amines is 1. The fourth-order valence-corrected chi connectivity index (χ4v) is 3.17. The first-order chi connectivity index (χ1) is 13.2. The zero-order valence-electron chi connectivity index (χ0n) is 14.7. The molecule has 0 spiro atoms. The molecule has 0 radical (unpaired) electrons. The highest BCUT2D eigenvalue weighted by molar-refractivity contribution is 7.46. The van der Waals surface area contributed by atoms with Crippen molar-refractivity contribution >= 4 is 24.9 Å². The lowest BCUT2D eigenvalue weighted by Crippen LogP contribution is -2.36. The monoisotopic (exact) mass is 421 g/mol. The highest BCUT2D eigenvalue weighted by atomic mass is 31.2. The molecule has 2 aromatic rings. The Balaban J connectivity index is 1.92. The summed E-state index contributed by atoms with van der Waals surface area (Å²) >= 11 is 0. The third-order valence-corrected chi connectivity index (χ3v) is 4.53. The van der Waals surface area contributed by atoms with Crippen molar-refractivity contribution in [3.8, 4) is 0 Å². The van der Waals surface area contributed by atoms with Crippen molar-refractivity contribution in [3.05, 3.63) is 16.7 Å². The Morgan fingerprint density at radius 3 is 2.86 bits per heavy atom. The molecule has 6 N–H and O–H groups in total. The van der Waals surface area contributed by atoms with Crippen LogP contribution >= 0.6 is 7.82 Å². The van der Waals surface area contributed by atoms with Crippen LogP contribution in [0.15, 0.2) is 11.1 Å². The number of H-pyrrole nitrogens is 1. The second-order valence-corrected chi connectivity index (χ2v) is 7.18. The molecule has 1 aliphatic heterocycles. The number of methoxy groups -OCH3 is 1. The second-order valence-electron chi connectivity index (χ2n) is 5.95. The van der Waals surface area contributed by atoms with Gasteiger partial charge in [-0.3, -0.25) is 18.9 Å². The number of phosphoric acid groups is 1. The molecule has 0 bridgehead atoms. The molecule has 3 rings (SSSR count). The average molecular weight is 421 g/mol. The smallest absolute Gasteiger partial charge is 0.387 e. The first-order valence-electron chi connectivity index (χ1n) is 8.07. The van der Waals surface area contributed by atoms with Crippen molar-refractivity contribution in [1.82, 2.24) is 19.5 Å². The Bertz CT molecular complexity index is 927. The lowest BCUT2D eigenvalue weighted by molar-refractivity contribution is -0.0784. The van der Waals surface area contributed by atoms with Crippen molar-refractivity contribution < 1.29 is 38.2 Å². The topological polar surface area (TPSA) is 204 Å². The van der Waals surface area contributed by atoms with E-state index in [1.165, 1.54) is 18.0 Å². The first kappa shape index (κ1) is 20.8. The number of rotatable bonds is 8. The number of nitrogens with zero attached hydrogens (tertiary/aromatic N) is 3. The molecular weight excluding hydrogens is 401 g/mol. The fourth-order valence-electron chi connectivity index (χ4n) is 2.83. The average Bonchev–Trinajstić information content (AvgIpc) is 3.15. The van der Waals surface area contributed by atoms with Gasteiger partial charge in [-0.1, -0.05) is 0 Å². The molecule has 156 valence electrons. The minimum atomic E-state index is -4.77. The molecule has 4 atom stereocenters. The van der Waals surface area contributed by atoms with Gasteiger partial charge in [0.1, 0.15) is 18.3 Å². The Kier molecular flexibility index (Phi) is 6.12. The van der Waals surface area contributed by atoms with Gasteiger partial charge in [-0.25, -0.2) is 9.55 Å². The van der Waals surface area contributed by atoms with Crippen LogP contribution in [0.1, 0.15) is 6.23 Å². The van der Waals surface area contributed by atoms with Crippen LogP contribution in [0.3, 0.4) is 0 Å². The van der Waals surface area contributed by atoms with Crippen LogP contribution in [-0.2, 0) is 23.3 Å². The Morgan fingerprint density at radius 1 is 1.43 bits per heavy atom. The molecule has 1 aliphatic rings. The summed E-state index contributed by atoms with van der Waals surface area (Å²) in [5.74, 6) is -0.143. The van der Waals surface area contributed by atoms with Gasteiger partial charge < -0.3 is 34.8 Å². The van der Waals surface area contributed by atoms with E-state index in [2.05, 4.69) is 19.5 Å². The quantitative estimate of drug-likeness (QED) is 0.234. The molecule has 14 nitrogen and oxygen atoms in total. The summed E-state index contributed by atoms with van der Waals surface area (Å²) in [4.78, 5) is 40.1. The SMILES string of the molecule is COCCO[C@H]1C(O)[C@@H](COP(=O)(O)O)O[C@H]1n1cnc2c(=O)[nH]c(N)nc21. The molecule has 0 amide bonds. The number of aliphatic hydroxyl groups is 1. The molecule has 15 heteroatoms. The maximum Gasteiger partial charge on any atom is 0.469 e. The van der Waals surface area contributed by atoms with E-state index in [-0.39, 0.29) is 30.3 Å². The number of aromatic nitrogens is 4. The Morgan fingerprint density at radius 2 is 2.18 bits per heavy atom. The van der Waals surface area contributed by atoms with Gasteiger partial charge in [0, 0.05) is 7.11 Å². The van der Waals surface area contributed by atoms with E-state index in [1.54, 1.807) is 0 Å². The largest absolute Gasteiger partial charge is 0.469 e. The van der Waals surface area contributed by atoms with Crippen molar-refractivity contribution in [3.63, 3.8) is 0 Å². The van der Waals surface area contributed by atoms with Crippen molar-refractivity contribution in [2.75, 3.05) is 32.7 Å². The van der Waals surface area contributed by atoms with Crippen molar-refractivity contribution in [1.29, 1.82) is 0 Å². The second kappa shape index (κ2) is 8.23. The fraction of sp³-hybridized carbons (Fsp3) is 0.615. The zero-order valence-corrected chi connectivity index (χ0v) is 15.6. The third-order valence-electron chi connectivity index (χ3n) is 4.04. The Labute approximate surface area is 157 Å². The molecule has 1 unspecified atom stereocenters. The van der Waals surface area contributed by atoms with Gasteiger partial charge in [0.15, 0.2) is 17.4 Å². The molecule has 0 aliphatic carbocycles. The van der Waals surface area contributed by atoms with Crippen molar-refractivity contribution in [2.24, 2.45) is 0 Å². The van der Waals surface area contributed by atoms with Gasteiger partial charge in [0.2, 0.25) is 5.95 Å². The summed E-state index contributed by atoms with van der Waals surface area (Å²) in [7, 11) is -3.29. The minimum absolute atomic E-state index is 0.00199. The number of hydrogen-bond donors (Lipinski definition) is 5. The molecule has 1 saturated heterocycles. The van der Waals surface area contributed by atoms with Gasteiger partial charge in [-0.2, -0.15) is 4.98 Å². The zero-order chi connectivity index (χ0) is 20.5. The summed E-state index contributed by atoms with van der Waals surface area (Å²) in [5, 5.41) is 10.5. The predicted octanol–water partition coefficient (Wildman–Crippen LogP) is -1.90. The highest BCUT2D eigenvalue weighted by Gasteiger charge is 2.47. The first-order valence-corrected chi connectivity index (χ1v) is 9.61. The maximum absolute atomic E-state index is 12.0. The van der Waals surface area contributed by atoms with E-state index >= 15 is 0 Å². The van der Waals surface area contributed by atoms with E-state index in [0.717, 1.165) is 0 Å². The van der Waals surface area contributed by atoms with Gasteiger partial charge in [-0.15, -0.1) is 0 Å². The van der Waals surface area contributed by atoms with Crippen LogP contribution in [0.5, 0.6) is 0 Å². The molecule has 3 heterocycles. The molecule has 1 fully saturated rings. The summed E-state index contributed by atoms with van der Waals surface area (Å²) in [6.07, 6.45) is -3.16. The number of nitrogens with two attached hydrogens (primary N) is 1. The number of aliphatic hydroxyl groups excluding tert-OH is 1. The van der Waals surface area contributed by atoms with E-state index in [9.17, 15) is 14.5 Å². The predicted molar refractivity (Wildman–Crippen MR) is 92.1 cm³/mol.